The summed E-state index contributed by atoms with van der Waals surface area (Å²) in [6.07, 6.45) is 3.01. The summed E-state index contributed by atoms with van der Waals surface area (Å²) >= 11 is 0. The Balaban J connectivity index is 1.55. The van der Waals surface area contributed by atoms with Gasteiger partial charge in [0.25, 0.3) is 5.91 Å². The number of Topliss-reactive ketones (excluding diaryl/α,β-unsaturated/α-hetero) is 1. The van der Waals surface area contributed by atoms with Gasteiger partial charge in [-0.05, 0) is 30.9 Å². The average Bonchev–Trinajstić information content (AvgIpc) is 3.29. The van der Waals surface area contributed by atoms with Crippen molar-refractivity contribution in [3.05, 3.63) is 46.6 Å². The molecule has 0 spiro atoms. The first-order valence-corrected chi connectivity index (χ1v) is 9.32. The van der Waals surface area contributed by atoms with E-state index in [-0.39, 0.29) is 23.5 Å². The van der Waals surface area contributed by atoms with Gasteiger partial charge in [0, 0.05) is 36.6 Å². The minimum Gasteiger partial charge on any atom is -0.339 e. The molecule has 1 aliphatic heterocycles. The molecule has 1 aromatic heterocycles. The number of hydrogen-bond acceptors (Lipinski definition) is 5. The zero-order valence-corrected chi connectivity index (χ0v) is 15.2. The molecule has 4 rings (SSSR count). The van der Waals surface area contributed by atoms with Crippen LogP contribution in [0.4, 0.5) is 0 Å². The minimum absolute atomic E-state index is 0.00449. The lowest BCUT2D eigenvalue weighted by Gasteiger charge is -2.31. The molecule has 1 aromatic carbocycles. The number of carbonyl (C=O) groups is 2. The van der Waals surface area contributed by atoms with Crippen LogP contribution in [0, 0.1) is 0 Å². The van der Waals surface area contributed by atoms with Gasteiger partial charge in [-0.3, -0.25) is 9.59 Å². The van der Waals surface area contributed by atoms with Gasteiger partial charge in [-0.15, -0.1) is 0 Å². The van der Waals surface area contributed by atoms with Gasteiger partial charge < -0.3 is 9.42 Å². The normalized spacial score (nSPS) is 19.9. The number of aromatic nitrogens is 2. The summed E-state index contributed by atoms with van der Waals surface area (Å²) in [7, 11) is 0. The number of benzene rings is 1. The monoisotopic (exact) mass is 353 g/mol. The van der Waals surface area contributed by atoms with Gasteiger partial charge in [0.2, 0.25) is 5.89 Å². The van der Waals surface area contributed by atoms with Gasteiger partial charge in [0.1, 0.15) is 0 Å². The van der Waals surface area contributed by atoms with Crippen molar-refractivity contribution >= 4 is 11.7 Å². The molecule has 0 radical (unpaired) electrons. The number of nitrogens with zero attached hydrogens (tertiary/aromatic N) is 3. The molecule has 0 saturated carbocycles. The maximum Gasteiger partial charge on any atom is 0.254 e. The van der Waals surface area contributed by atoms with E-state index in [1.165, 1.54) is 0 Å². The lowest BCUT2D eigenvalue weighted by Crippen LogP contribution is -2.39. The van der Waals surface area contributed by atoms with E-state index < -0.39 is 0 Å². The fraction of sp³-hybridized carbons (Fsp3) is 0.500. The molecule has 2 heterocycles. The molecule has 6 nitrogen and oxygen atoms in total. The predicted octanol–water partition coefficient (Wildman–Crippen LogP) is 3.34. The highest BCUT2D eigenvalue weighted by Gasteiger charge is 2.32. The first-order chi connectivity index (χ1) is 12.5. The number of fused-ring (bicyclic) bond motifs is 1. The van der Waals surface area contributed by atoms with Crippen molar-refractivity contribution in [3.8, 4) is 0 Å². The molecule has 6 heteroatoms. The van der Waals surface area contributed by atoms with Gasteiger partial charge in [0.15, 0.2) is 11.6 Å². The molecule has 136 valence electrons. The highest BCUT2D eigenvalue weighted by molar-refractivity contribution is 6.05. The van der Waals surface area contributed by atoms with E-state index >= 15 is 0 Å². The van der Waals surface area contributed by atoms with Crippen LogP contribution >= 0.6 is 0 Å². The van der Waals surface area contributed by atoms with Crippen molar-refractivity contribution in [3.63, 3.8) is 0 Å². The lowest BCUT2D eigenvalue weighted by atomic mass is 9.96. The van der Waals surface area contributed by atoms with Gasteiger partial charge in [-0.1, -0.05) is 31.1 Å². The van der Waals surface area contributed by atoms with Crippen LogP contribution in [0.3, 0.4) is 0 Å². The van der Waals surface area contributed by atoms with Gasteiger partial charge in [-0.25, -0.2) is 0 Å². The number of hydrogen-bond donors (Lipinski definition) is 0. The Hall–Kier alpha value is -2.50. The van der Waals surface area contributed by atoms with E-state index in [2.05, 4.69) is 10.1 Å². The van der Waals surface area contributed by atoms with Gasteiger partial charge in [0.05, 0.1) is 5.92 Å². The average molecular weight is 353 g/mol. The maximum absolute atomic E-state index is 13.1. The van der Waals surface area contributed by atoms with Gasteiger partial charge in [-0.2, -0.15) is 4.98 Å². The van der Waals surface area contributed by atoms with E-state index in [0.717, 1.165) is 24.9 Å². The van der Waals surface area contributed by atoms with Crippen LogP contribution in [0.1, 0.15) is 82.9 Å². The van der Waals surface area contributed by atoms with Crippen molar-refractivity contribution in [1.82, 2.24) is 15.0 Å². The van der Waals surface area contributed by atoms with E-state index in [4.69, 9.17) is 4.52 Å². The zero-order chi connectivity index (χ0) is 18.3. The second-order valence-electron chi connectivity index (χ2n) is 7.49. The molecule has 26 heavy (non-hydrogen) atoms. The van der Waals surface area contributed by atoms with Crippen LogP contribution in [0.2, 0.25) is 0 Å². The Morgan fingerprint density at radius 1 is 1.31 bits per heavy atom. The molecule has 1 saturated heterocycles. The summed E-state index contributed by atoms with van der Waals surface area (Å²) in [6, 6.07) is 5.48. The number of likely N-dealkylation sites (tertiary alicyclic amines) is 1. The Kier molecular flexibility index (Phi) is 4.34. The summed E-state index contributed by atoms with van der Waals surface area (Å²) in [6.45, 7) is 5.36. The third-order valence-corrected chi connectivity index (χ3v) is 5.34. The highest BCUT2D eigenvalue weighted by atomic mass is 16.5. The molecule has 2 aromatic rings. The molecular formula is C20H23N3O3. The first-order valence-electron chi connectivity index (χ1n) is 9.32. The van der Waals surface area contributed by atoms with Crippen molar-refractivity contribution in [2.75, 3.05) is 13.1 Å². The van der Waals surface area contributed by atoms with Crippen molar-refractivity contribution in [2.24, 2.45) is 0 Å². The quantitative estimate of drug-likeness (QED) is 0.846. The standard InChI is InChI=1S/C20H23N3O3/c1-12(2)18-21-19(26-22-18)13-5-4-10-23(11-13)20(25)16-7-3-6-15-14(16)8-9-17(15)24/h3,6-7,12-13H,4-5,8-11H2,1-2H3/t13-/m1/s1. The predicted molar refractivity (Wildman–Crippen MR) is 95.4 cm³/mol. The summed E-state index contributed by atoms with van der Waals surface area (Å²) < 4.78 is 5.44. The lowest BCUT2D eigenvalue weighted by molar-refractivity contribution is 0.0694. The molecule has 0 bridgehead atoms. The van der Waals surface area contributed by atoms with Crippen LogP contribution in [0.5, 0.6) is 0 Å². The van der Waals surface area contributed by atoms with Crippen molar-refractivity contribution < 1.29 is 14.1 Å². The molecule has 1 fully saturated rings. The number of amides is 1. The number of piperidine rings is 1. The smallest absolute Gasteiger partial charge is 0.254 e. The number of ketones is 1. The van der Waals surface area contributed by atoms with Crippen LogP contribution in [0.15, 0.2) is 22.7 Å². The Labute approximate surface area is 152 Å². The minimum atomic E-state index is 0.00449. The Morgan fingerprint density at radius 3 is 2.92 bits per heavy atom. The molecule has 1 amide bonds. The fourth-order valence-corrected chi connectivity index (χ4v) is 3.87. The first kappa shape index (κ1) is 16.9. The van der Waals surface area contributed by atoms with Gasteiger partial charge >= 0.3 is 0 Å². The topological polar surface area (TPSA) is 76.3 Å². The summed E-state index contributed by atoms with van der Waals surface area (Å²) in [4.78, 5) is 31.4. The second kappa shape index (κ2) is 6.67. The third kappa shape index (κ3) is 2.93. The summed E-state index contributed by atoms with van der Waals surface area (Å²) in [5.74, 6) is 1.77. The second-order valence-corrected chi connectivity index (χ2v) is 7.49. The summed E-state index contributed by atoms with van der Waals surface area (Å²) in [5, 5.41) is 4.05. The van der Waals surface area contributed by atoms with E-state index in [0.29, 0.717) is 42.2 Å². The molecule has 1 aliphatic carbocycles. The Morgan fingerprint density at radius 2 is 2.15 bits per heavy atom. The molecule has 2 aliphatic rings. The molecular weight excluding hydrogens is 330 g/mol. The molecule has 0 N–H and O–H groups in total. The highest BCUT2D eigenvalue weighted by Crippen LogP contribution is 2.30. The number of rotatable bonds is 3. The van der Waals surface area contributed by atoms with Crippen molar-refractivity contribution in [1.29, 1.82) is 0 Å². The van der Waals surface area contributed by atoms with Crippen molar-refractivity contribution in [2.45, 2.75) is 51.4 Å². The fourth-order valence-electron chi connectivity index (χ4n) is 3.87. The van der Waals surface area contributed by atoms with E-state index in [1.807, 2.05) is 36.9 Å². The third-order valence-electron chi connectivity index (χ3n) is 5.34. The van der Waals surface area contributed by atoms with Crippen LogP contribution in [-0.2, 0) is 6.42 Å². The zero-order valence-electron chi connectivity index (χ0n) is 15.2. The maximum atomic E-state index is 13.1. The molecule has 1 atom stereocenters. The van der Waals surface area contributed by atoms with E-state index in [9.17, 15) is 9.59 Å². The summed E-state index contributed by atoms with van der Waals surface area (Å²) in [5.41, 5.74) is 2.29. The largest absolute Gasteiger partial charge is 0.339 e. The molecule has 0 unspecified atom stereocenters. The van der Waals surface area contributed by atoms with Crippen LogP contribution in [0.25, 0.3) is 0 Å². The number of carbonyl (C=O) groups excluding carboxylic acids is 2. The van der Waals surface area contributed by atoms with Crippen LogP contribution < -0.4 is 0 Å². The SMILES string of the molecule is CC(C)c1noc([C@@H]2CCCN(C(=O)c3cccc4c3CCC4=O)C2)n1. The van der Waals surface area contributed by atoms with E-state index in [1.54, 1.807) is 0 Å². The Bertz CT molecular complexity index is 856. The van der Waals surface area contributed by atoms with Crippen LogP contribution in [-0.4, -0.2) is 39.8 Å².